The Morgan fingerprint density at radius 2 is 2.44 bits per heavy atom. The predicted molar refractivity (Wildman–Crippen MR) is 66.5 cm³/mol. The van der Waals surface area contributed by atoms with Crippen molar-refractivity contribution in [3.8, 4) is 0 Å². The number of thiazole rings is 1. The summed E-state index contributed by atoms with van der Waals surface area (Å²) >= 11 is 1.52. The van der Waals surface area contributed by atoms with Crippen molar-refractivity contribution in [2.45, 2.75) is 32.4 Å². The van der Waals surface area contributed by atoms with Gasteiger partial charge in [-0.15, -0.1) is 11.3 Å². The summed E-state index contributed by atoms with van der Waals surface area (Å²) in [6.07, 6.45) is 3.02. The lowest BCUT2D eigenvalue weighted by Crippen LogP contribution is -2.45. The van der Waals surface area contributed by atoms with Crippen LogP contribution in [0.4, 0.5) is 4.79 Å². The molecule has 0 radical (unpaired) electrons. The molecule has 1 aromatic rings. The van der Waals surface area contributed by atoms with Crippen LogP contribution in [0, 0.1) is 6.92 Å². The number of nitrogens with zero attached hydrogens (tertiary/aromatic N) is 2. The van der Waals surface area contributed by atoms with Gasteiger partial charge in [-0.25, -0.2) is 14.6 Å². The van der Waals surface area contributed by atoms with Crippen LogP contribution < -0.4 is 5.32 Å². The highest BCUT2D eigenvalue weighted by molar-refractivity contribution is 7.11. The van der Waals surface area contributed by atoms with Crippen LogP contribution in [0.15, 0.2) is 6.20 Å². The van der Waals surface area contributed by atoms with E-state index < -0.39 is 12.0 Å². The molecule has 7 heteroatoms. The van der Waals surface area contributed by atoms with Crippen LogP contribution in [0.1, 0.15) is 22.7 Å². The highest BCUT2D eigenvalue weighted by Gasteiger charge is 2.33. The van der Waals surface area contributed by atoms with Gasteiger partial charge in [0.25, 0.3) is 0 Å². The van der Waals surface area contributed by atoms with Gasteiger partial charge in [0.2, 0.25) is 0 Å². The Balaban J connectivity index is 1.89. The summed E-state index contributed by atoms with van der Waals surface area (Å²) in [4.78, 5) is 29.4. The number of carbonyl (C=O) groups excluding carboxylic acids is 1. The average molecular weight is 269 g/mol. The lowest BCUT2D eigenvalue weighted by Gasteiger charge is -2.21. The van der Waals surface area contributed by atoms with Crippen LogP contribution in [0.25, 0.3) is 0 Å². The van der Waals surface area contributed by atoms with E-state index in [-0.39, 0.29) is 6.03 Å². The van der Waals surface area contributed by atoms with Crippen LogP contribution in [-0.4, -0.2) is 39.6 Å². The molecule has 0 unspecified atom stereocenters. The second-order valence-electron chi connectivity index (χ2n) is 4.21. The number of aliphatic carboxylic acids is 1. The number of nitrogens with one attached hydrogen (secondary N) is 1. The summed E-state index contributed by atoms with van der Waals surface area (Å²) in [6, 6.07) is -1.02. The van der Waals surface area contributed by atoms with Crippen molar-refractivity contribution in [1.29, 1.82) is 0 Å². The number of carbonyl (C=O) groups is 2. The molecule has 1 aliphatic heterocycles. The molecule has 1 fully saturated rings. The van der Waals surface area contributed by atoms with Gasteiger partial charge < -0.3 is 15.3 Å². The third-order valence-electron chi connectivity index (χ3n) is 2.86. The minimum Gasteiger partial charge on any atom is -0.480 e. The molecule has 2 rings (SSSR count). The monoisotopic (exact) mass is 269 g/mol. The van der Waals surface area contributed by atoms with Gasteiger partial charge in [-0.1, -0.05) is 0 Å². The second kappa shape index (κ2) is 5.34. The Morgan fingerprint density at radius 1 is 1.67 bits per heavy atom. The first kappa shape index (κ1) is 12.8. The number of carboxylic acids is 1. The van der Waals surface area contributed by atoms with Crippen LogP contribution in [0.2, 0.25) is 0 Å². The molecule has 6 nitrogen and oxygen atoms in total. The number of rotatable bonds is 3. The zero-order chi connectivity index (χ0) is 13.1. The molecule has 2 amide bonds. The van der Waals surface area contributed by atoms with Gasteiger partial charge in [-0.05, 0) is 19.8 Å². The van der Waals surface area contributed by atoms with Crippen LogP contribution >= 0.6 is 11.3 Å². The minimum atomic E-state index is -0.937. The van der Waals surface area contributed by atoms with Crippen LogP contribution in [0.5, 0.6) is 0 Å². The summed E-state index contributed by atoms with van der Waals surface area (Å²) in [5.74, 6) is -0.937. The highest BCUT2D eigenvalue weighted by Crippen LogP contribution is 2.17. The van der Waals surface area contributed by atoms with E-state index in [1.807, 2.05) is 6.92 Å². The summed E-state index contributed by atoms with van der Waals surface area (Å²) < 4.78 is 0. The van der Waals surface area contributed by atoms with Crippen molar-refractivity contribution in [1.82, 2.24) is 15.2 Å². The van der Waals surface area contributed by atoms with Gasteiger partial charge in [-0.2, -0.15) is 0 Å². The van der Waals surface area contributed by atoms with Crippen LogP contribution in [-0.2, 0) is 11.3 Å². The van der Waals surface area contributed by atoms with E-state index in [4.69, 9.17) is 5.11 Å². The molecule has 98 valence electrons. The second-order valence-corrected chi connectivity index (χ2v) is 5.53. The number of urea groups is 1. The molecule has 1 aliphatic rings. The largest absolute Gasteiger partial charge is 0.480 e. The fourth-order valence-electron chi connectivity index (χ4n) is 2.00. The van der Waals surface area contributed by atoms with Crippen molar-refractivity contribution in [2.75, 3.05) is 6.54 Å². The Labute approximate surface area is 109 Å². The van der Waals surface area contributed by atoms with E-state index in [0.717, 1.165) is 16.3 Å². The maximum atomic E-state index is 11.9. The third-order valence-corrected chi connectivity index (χ3v) is 3.77. The van der Waals surface area contributed by atoms with Gasteiger partial charge in [-0.3, -0.25) is 0 Å². The molecule has 0 spiro atoms. The fourth-order valence-corrected chi connectivity index (χ4v) is 2.73. The third kappa shape index (κ3) is 2.79. The molecule has 2 N–H and O–H groups in total. The first-order chi connectivity index (χ1) is 8.58. The van der Waals surface area contributed by atoms with Crippen LogP contribution in [0.3, 0.4) is 0 Å². The molecule has 0 bridgehead atoms. The summed E-state index contributed by atoms with van der Waals surface area (Å²) in [6.45, 7) is 2.80. The molecular formula is C11H15N3O3S. The molecule has 0 aliphatic carbocycles. The number of carboxylic acid groups (broad SMARTS) is 1. The average Bonchev–Trinajstić information content (AvgIpc) is 2.94. The molecule has 0 aromatic carbocycles. The summed E-state index contributed by atoms with van der Waals surface area (Å²) in [5, 5.41) is 12.5. The van der Waals surface area contributed by atoms with Gasteiger partial charge in [0.15, 0.2) is 0 Å². The van der Waals surface area contributed by atoms with E-state index >= 15 is 0 Å². The van der Waals surface area contributed by atoms with E-state index in [1.165, 1.54) is 16.2 Å². The zero-order valence-electron chi connectivity index (χ0n) is 10.0. The summed E-state index contributed by atoms with van der Waals surface area (Å²) in [5.41, 5.74) is 0. The lowest BCUT2D eigenvalue weighted by atomic mass is 10.2. The Hall–Kier alpha value is -1.63. The van der Waals surface area contributed by atoms with Crippen molar-refractivity contribution in [2.24, 2.45) is 0 Å². The Morgan fingerprint density at radius 3 is 3.06 bits per heavy atom. The van der Waals surface area contributed by atoms with Gasteiger partial charge >= 0.3 is 12.0 Å². The molecule has 1 aromatic heterocycles. The van der Waals surface area contributed by atoms with E-state index in [1.54, 1.807) is 6.20 Å². The number of amides is 2. The van der Waals surface area contributed by atoms with E-state index in [2.05, 4.69) is 10.3 Å². The van der Waals surface area contributed by atoms with Gasteiger partial charge in [0.05, 0.1) is 6.54 Å². The maximum Gasteiger partial charge on any atom is 0.326 e. The SMILES string of the molecule is Cc1cnc(CNC(=O)N2CCC[C@@H]2C(=O)O)s1. The first-order valence-corrected chi connectivity index (χ1v) is 6.58. The molecule has 18 heavy (non-hydrogen) atoms. The van der Waals surface area contributed by atoms with Crippen molar-refractivity contribution >= 4 is 23.3 Å². The fraction of sp³-hybridized carbons (Fsp3) is 0.545. The number of aromatic nitrogens is 1. The number of hydrogen-bond donors (Lipinski definition) is 2. The standard InChI is InChI=1S/C11H15N3O3S/c1-7-5-12-9(18-7)6-13-11(17)14-4-2-3-8(14)10(15)16/h5,8H,2-4,6H2,1H3,(H,13,17)(H,15,16)/t8-/m1/s1. The Bertz CT molecular complexity index is 460. The van der Waals surface area contributed by atoms with Crippen molar-refractivity contribution in [3.05, 3.63) is 16.1 Å². The highest BCUT2D eigenvalue weighted by atomic mass is 32.1. The van der Waals surface area contributed by atoms with Crippen molar-refractivity contribution < 1.29 is 14.7 Å². The van der Waals surface area contributed by atoms with E-state index in [9.17, 15) is 9.59 Å². The minimum absolute atomic E-state index is 0.326. The topological polar surface area (TPSA) is 82.5 Å². The number of hydrogen-bond acceptors (Lipinski definition) is 4. The molecule has 0 saturated carbocycles. The normalized spacial score (nSPS) is 18.9. The van der Waals surface area contributed by atoms with Crippen molar-refractivity contribution in [3.63, 3.8) is 0 Å². The first-order valence-electron chi connectivity index (χ1n) is 5.76. The molecule has 1 atom stereocenters. The van der Waals surface area contributed by atoms with Gasteiger partial charge in [0, 0.05) is 17.6 Å². The number of aryl methyl sites for hydroxylation is 1. The summed E-state index contributed by atoms with van der Waals surface area (Å²) in [7, 11) is 0. The maximum absolute atomic E-state index is 11.9. The van der Waals surface area contributed by atoms with E-state index in [0.29, 0.717) is 19.5 Å². The molecule has 1 saturated heterocycles. The number of likely N-dealkylation sites (tertiary alicyclic amines) is 1. The molecule has 2 heterocycles. The zero-order valence-corrected chi connectivity index (χ0v) is 10.9. The smallest absolute Gasteiger partial charge is 0.326 e. The predicted octanol–water partition coefficient (Wildman–Crippen LogP) is 1.21. The quantitative estimate of drug-likeness (QED) is 0.864. The van der Waals surface area contributed by atoms with Gasteiger partial charge in [0.1, 0.15) is 11.0 Å². The Kier molecular flexibility index (Phi) is 3.81. The lowest BCUT2D eigenvalue weighted by molar-refractivity contribution is -0.141. The molecular weight excluding hydrogens is 254 g/mol.